The maximum absolute atomic E-state index is 11.9. The first-order valence-corrected chi connectivity index (χ1v) is 8.42. The third-order valence-electron chi connectivity index (χ3n) is 4.07. The van der Waals surface area contributed by atoms with Gasteiger partial charge in [-0.3, -0.25) is 9.48 Å². The Balaban J connectivity index is 0.00000225. The SMILES string of the molecule is Cl.Nc1ncc(-c2cccc(-c3cn(CCNC(=O)c4ccc[nH]4)nn3)c2)[nH]1. The van der Waals surface area contributed by atoms with E-state index in [0.29, 0.717) is 24.7 Å². The second kappa shape index (κ2) is 8.40. The van der Waals surface area contributed by atoms with Gasteiger partial charge < -0.3 is 21.0 Å². The second-order valence-corrected chi connectivity index (χ2v) is 5.97. The van der Waals surface area contributed by atoms with E-state index in [4.69, 9.17) is 5.73 Å². The molecule has 0 atom stereocenters. The zero-order valence-corrected chi connectivity index (χ0v) is 15.6. The summed E-state index contributed by atoms with van der Waals surface area (Å²) in [6.07, 6.45) is 5.25. The number of nitrogens with zero attached hydrogens (tertiary/aromatic N) is 4. The number of nitrogens with two attached hydrogens (primary N) is 1. The fourth-order valence-electron chi connectivity index (χ4n) is 2.72. The van der Waals surface area contributed by atoms with Crippen molar-refractivity contribution in [3.05, 3.63) is 60.7 Å². The molecule has 1 amide bonds. The summed E-state index contributed by atoms with van der Waals surface area (Å²) in [5.74, 6) is 0.231. The van der Waals surface area contributed by atoms with Gasteiger partial charge in [-0.1, -0.05) is 23.4 Å². The van der Waals surface area contributed by atoms with Crippen molar-refractivity contribution in [3.8, 4) is 22.5 Å². The summed E-state index contributed by atoms with van der Waals surface area (Å²) >= 11 is 0. The normalized spacial score (nSPS) is 10.4. The number of anilines is 1. The molecule has 0 fully saturated rings. The predicted molar refractivity (Wildman–Crippen MR) is 108 cm³/mol. The number of amides is 1. The number of aromatic amines is 2. The number of nitrogen functional groups attached to an aromatic ring is 1. The van der Waals surface area contributed by atoms with Crippen molar-refractivity contribution in [2.24, 2.45) is 0 Å². The topological polar surface area (TPSA) is 130 Å². The molecule has 4 aromatic rings. The summed E-state index contributed by atoms with van der Waals surface area (Å²) in [5.41, 5.74) is 9.66. The van der Waals surface area contributed by atoms with Crippen LogP contribution < -0.4 is 11.1 Å². The van der Waals surface area contributed by atoms with Crippen LogP contribution in [-0.2, 0) is 6.54 Å². The molecule has 1 aromatic carbocycles. The Bertz CT molecular complexity index is 1050. The quantitative estimate of drug-likeness (QED) is 0.395. The van der Waals surface area contributed by atoms with Crippen molar-refractivity contribution in [1.29, 1.82) is 0 Å². The first-order valence-electron chi connectivity index (χ1n) is 8.42. The fourth-order valence-corrected chi connectivity index (χ4v) is 2.72. The van der Waals surface area contributed by atoms with Crippen LogP contribution in [0, 0.1) is 0 Å². The molecule has 0 saturated heterocycles. The zero-order valence-electron chi connectivity index (χ0n) is 14.8. The van der Waals surface area contributed by atoms with Crippen molar-refractivity contribution in [2.45, 2.75) is 6.54 Å². The number of carbonyl (C=O) groups excluding carboxylic acids is 1. The van der Waals surface area contributed by atoms with Crippen LogP contribution >= 0.6 is 12.4 Å². The van der Waals surface area contributed by atoms with Crippen LogP contribution in [0.25, 0.3) is 22.5 Å². The third kappa shape index (κ3) is 4.21. The van der Waals surface area contributed by atoms with Crippen LogP contribution in [0.5, 0.6) is 0 Å². The molecule has 10 heteroatoms. The predicted octanol–water partition coefficient (Wildman–Crippen LogP) is 2.10. The van der Waals surface area contributed by atoms with Gasteiger partial charge in [-0.2, -0.15) is 0 Å². The number of rotatable bonds is 6. The smallest absolute Gasteiger partial charge is 0.267 e. The monoisotopic (exact) mass is 398 g/mol. The molecule has 0 aliphatic rings. The minimum absolute atomic E-state index is 0. The van der Waals surface area contributed by atoms with E-state index >= 15 is 0 Å². The molecule has 9 nitrogen and oxygen atoms in total. The maximum atomic E-state index is 11.9. The second-order valence-electron chi connectivity index (χ2n) is 5.97. The third-order valence-corrected chi connectivity index (χ3v) is 4.07. The molecule has 5 N–H and O–H groups in total. The van der Waals surface area contributed by atoms with Gasteiger partial charge in [0.1, 0.15) is 11.4 Å². The van der Waals surface area contributed by atoms with Crippen molar-refractivity contribution in [2.75, 3.05) is 12.3 Å². The zero-order chi connectivity index (χ0) is 18.6. The van der Waals surface area contributed by atoms with E-state index in [9.17, 15) is 4.79 Å². The molecule has 4 rings (SSSR count). The van der Waals surface area contributed by atoms with E-state index in [2.05, 4.69) is 30.6 Å². The molecule has 28 heavy (non-hydrogen) atoms. The average Bonchev–Trinajstić information content (AvgIpc) is 3.43. The van der Waals surface area contributed by atoms with Crippen molar-refractivity contribution >= 4 is 24.3 Å². The Morgan fingerprint density at radius 2 is 2.07 bits per heavy atom. The minimum Gasteiger partial charge on any atom is -0.369 e. The van der Waals surface area contributed by atoms with Crippen molar-refractivity contribution < 1.29 is 4.79 Å². The van der Waals surface area contributed by atoms with Gasteiger partial charge in [0.25, 0.3) is 5.91 Å². The number of benzene rings is 1. The molecular formula is C18H19ClN8O. The van der Waals surface area contributed by atoms with Crippen LogP contribution in [0.15, 0.2) is 55.0 Å². The van der Waals surface area contributed by atoms with Gasteiger partial charge in [0.05, 0.1) is 24.6 Å². The summed E-state index contributed by atoms with van der Waals surface area (Å²) in [4.78, 5) is 21.8. The summed E-state index contributed by atoms with van der Waals surface area (Å²) < 4.78 is 1.70. The van der Waals surface area contributed by atoms with E-state index in [0.717, 1.165) is 22.5 Å². The minimum atomic E-state index is -0.146. The van der Waals surface area contributed by atoms with E-state index in [1.54, 1.807) is 29.2 Å². The maximum Gasteiger partial charge on any atom is 0.267 e. The molecule has 0 radical (unpaired) electrons. The average molecular weight is 399 g/mol. The molecule has 0 spiro atoms. The molecule has 3 aromatic heterocycles. The lowest BCUT2D eigenvalue weighted by Gasteiger charge is -2.03. The van der Waals surface area contributed by atoms with Crippen LogP contribution in [0.1, 0.15) is 10.5 Å². The highest BCUT2D eigenvalue weighted by Crippen LogP contribution is 2.24. The molecule has 3 heterocycles. The van der Waals surface area contributed by atoms with Gasteiger partial charge >= 0.3 is 0 Å². The van der Waals surface area contributed by atoms with E-state index < -0.39 is 0 Å². The van der Waals surface area contributed by atoms with Gasteiger partial charge in [-0.05, 0) is 18.2 Å². The molecule has 0 aliphatic heterocycles. The van der Waals surface area contributed by atoms with E-state index in [1.165, 1.54) is 0 Å². The lowest BCUT2D eigenvalue weighted by molar-refractivity contribution is 0.0947. The Hall–Kier alpha value is -3.59. The lowest BCUT2D eigenvalue weighted by Crippen LogP contribution is -2.27. The standard InChI is InChI=1S/C18H18N8O.ClH/c19-18-22-10-15(23-18)12-3-1-4-13(9-12)16-11-26(25-24-16)8-7-21-17(27)14-5-2-6-20-14;/h1-6,9-11,20H,7-8H2,(H,21,27)(H3,19,22,23);1H. The van der Waals surface area contributed by atoms with Crippen LogP contribution in [-0.4, -0.2) is 42.4 Å². The summed E-state index contributed by atoms with van der Waals surface area (Å²) in [6, 6.07) is 11.4. The highest BCUT2D eigenvalue weighted by molar-refractivity contribution is 5.92. The first-order chi connectivity index (χ1) is 13.2. The Morgan fingerprint density at radius 3 is 2.82 bits per heavy atom. The van der Waals surface area contributed by atoms with Gasteiger partial charge in [0.15, 0.2) is 5.95 Å². The van der Waals surface area contributed by atoms with Crippen molar-refractivity contribution in [1.82, 2.24) is 35.3 Å². The molecule has 0 saturated carbocycles. The number of aromatic nitrogens is 6. The molecule has 0 bridgehead atoms. The van der Waals surface area contributed by atoms with Gasteiger partial charge in [-0.25, -0.2) is 4.98 Å². The summed E-state index contributed by atoms with van der Waals surface area (Å²) in [6.45, 7) is 0.977. The molecule has 144 valence electrons. The molecular weight excluding hydrogens is 380 g/mol. The highest BCUT2D eigenvalue weighted by Gasteiger charge is 2.08. The van der Waals surface area contributed by atoms with Crippen LogP contribution in [0.2, 0.25) is 0 Å². The van der Waals surface area contributed by atoms with Crippen molar-refractivity contribution in [3.63, 3.8) is 0 Å². The summed E-state index contributed by atoms with van der Waals surface area (Å²) in [5, 5.41) is 11.2. The first kappa shape index (κ1) is 19.2. The van der Waals surface area contributed by atoms with Gasteiger partial charge in [0, 0.05) is 23.9 Å². The fraction of sp³-hybridized carbons (Fsp3) is 0.111. The number of carbonyl (C=O) groups is 1. The van der Waals surface area contributed by atoms with E-state index in [1.807, 2.05) is 30.5 Å². The molecule has 0 unspecified atom stereocenters. The largest absolute Gasteiger partial charge is 0.369 e. The van der Waals surface area contributed by atoms with E-state index in [-0.39, 0.29) is 18.3 Å². The number of nitrogens with one attached hydrogen (secondary N) is 3. The lowest BCUT2D eigenvalue weighted by atomic mass is 10.1. The number of halogens is 1. The Kier molecular flexibility index (Phi) is 5.75. The Morgan fingerprint density at radius 1 is 1.21 bits per heavy atom. The molecule has 0 aliphatic carbocycles. The number of hydrogen-bond donors (Lipinski definition) is 4. The summed E-state index contributed by atoms with van der Waals surface area (Å²) in [7, 11) is 0. The number of hydrogen-bond acceptors (Lipinski definition) is 5. The van der Waals surface area contributed by atoms with Gasteiger partial charge in [-0.15, -0.1) is 17.5 Å². The Labute approximate surface area is 166 Å². The van der Waals surface area contributed by atoms with Crippen LogP contribution in [0.4, 0.5) is 5.95 Å². The highest BCUT2D eigenvalue weighted by atomic mass is 35.5. The number of imidazole rings is 1. The van der Waals surface area contributed by atoms with Crippen LogP contribution in [0.3, 0.4) is 0 Å². The number of H-pyrrole nitrogens is 2. The van der Waals surface area contributed by atoms with Gasteiger partial charge in [0.2, 0.25) is 0 Å².